The molecule has 15 nitrogen and oxygen atoms in total. The number of carboxylic acids is 3. The van der Waals surface area contributed by atoms with E-state index in [0.29, 0.717) is 51.4 Å². The summed E-state index contributed by atoms with van der Waals surface area (Å²) in [7, 11) is 1.31. The van der Waals surface area contributed by atoms with Crippen molar-refractivity contribution in [1.82, 2.24) is 0 Å². The van der Waals surface area contributed by atoms with Crippen molar-refractivity contribution in [2.75, 3.05) is 13.8 Å². The van der Waals surface area contributed by atoms with Crippen LogP contribution in [0.4, 0.5) is 0 Å². The number of methoxy groups -OCH3 is 1. The van der Waals surface area contributed by atoms with E-state index in [9.17, 15) is 33.6 Å². The predicted octanol–water partition coefficient (Wildman–Crippen LogP) is 1.31. The summed E-state index contributed by atoms with van der Waals surface area (Å²) in [5.41, 5.74) is 9.25. The van der Waals surface area contributed by atoms with Gasteiger partial charge in [-0.15, -0.1) is 0 Å². The molecular formula is C25H46N2O13. The van der Waals surface area contributed by atoms with Crippen LogP contribution in [0.15, 0.2) is 0 Å². The van der Waals surface area contributed by atoms with E-state index < -0.39 is 24.3 Å². The monoisotopic (exact) mass is 582 g/mol. The van der Waals surface area contributed by atoms with Crippen molar-refractivity contribution in [2.24, 2.45) is 11.5 Å². The Bertz CT molecular complexity index is 721. The third-order valence-corrected chi connectivity index (χ3v) is 3.23. The van der Waals surface area contributed by atoms with Crippen LogP contribution in [0.3, 0.4) is 0 Å². The Morgan fingerprint density at radius 2 is 0.925 bits per heavy atom. The molecular weight excluding hydrogens is 536 g/mol. The number of ketones is 5. The van der Waals surface area contributed by atoms with Gasteiger partial charge in [0, 0.05) is 45.7 Å². The number of hydrogen-bond acceptors (Lipinski definition) is 12. The molecule has 0 aromatic rings. The van der Waals surface area contributed by atoms with Gasteiger partial charge in [0.2, 0.25) is 0 Å². The highest BCUT2D eigenvalue weighted by atomic mass is 16.5. The summed E-state index contributed by atoms with van der Waals surface area (Å²) in [4.78, 5) is 89.9. The van der Waals surface area contributed by atoms with Crippen LogP contribution in [0.1, 0.15) is 92.4 Å². The summed E-state index contributed by atoms with van der Waals surface area (Å²) in [5, 5.41) is 22.8. The molecule has 0 unspecified atom stereocenters. The smallest absolute Gasteiger partial charge is 0.314 e. The number of aliphatic carboxylic acids is 3. The van der Waals surface area contributed by atoms with Gasteiger partial charge < -0.3 is 45.9 Å². The number of Topliss-reactive ketones (excluding diaryl/α,β-unsaturated/α-hetero) is 5. The van der Waals surface area contributed by atoms with Gasteiger partial charge in [-0.2, -0.15) is 0 Å². The molecule has 0 aromatic carbocycles. The largest absolute Gasteiger partial charge is 0.481 e. The third-order valence-electron chi connectivity index (χ3n) is 3.23. The molecule has 0 fully saturated rings. The average molecular weight is 583 g/mol. The van der Waals surface area contributed by atoms with Crippen LogP contribution in [-0.4, -0.2) is 82.4 Å². The predicted molar refractivity (Wildman–Crippen MR) is 144 cm³/mol. The maximum Gasteiger partial charge on any atom is 0.314 e. The van der Waals surface area contributed by atoms with E-state index in [1.807, 2.05) is 0 Å². The Morgan fingerprint density at radius 3 is 1.10 bits per heavy atom. The molecule has 0 atom stereocenters. The lowest BCUT2D eigenvalue weighted by Gasteiger charge is -1.97. The van der Waals surface area contributed by atoms with E-state index in [-0.39, 0.29) is 42.0 Å². The van der Waals surface area contributed by atoms with Gasteiger partial charge in [0.1, 0.15) is 35.3 Å². The van der Waals surface area contributed by atoms with Gasteiger partial charge in [-0.3, -0.25) is 28.8 Å². The van der Waals surface area contributed by atoms with Gasteiger partial charge in [-0.05, 0) is 33.6 Å². The Labute approximate surface area is 234 Å². The maximum atomic E-state index is 11.1. The highest BCUT2D eigenvalue weighted by Crippen LogP contribution is 2.01. The van der Waals surface area contributed by atoms with Gasteiger partial charge in [0.05, 0.1) is 13.5 Å². The molecule has 0 aliphatic heterocycles. The molecule has 0 saturated carbocycles. The molecule has 0 rings (SSSR count). The lowest BCUT2D eigenvalue weighted by Crippen LogP contribution is -2.08. The van der Waals surface area contributed by atoms with Crippen molar-refractivity contribution in [3.8, 4) is 0 Å². The minimum atomic E-state index is -1.31. The summed E-state index contributed by atoms with van der Waals surface area (Å²) in [6.07, 6.45) is 2.80. The van der Waals surface area contributed by atoms with Crippen LogP contribution in [0.5, 0.6) is 0 Å². The Balaban J connectivity index is -0.0000000939. The number of hydrogen-bond donors (Lipinski definition) is 5. The van der Waals surface area contributed by atoms with E-state index in [2.05, 4.69) is 16.2 Å². The lowest BCUT2D eigenvalue weighted by molar-refractivity contribution is -0.147. The topological polar surface area (TPSA) is 276 Å². The molecule has 0 aliphatic rings. The van der Waals surface area contributed by atoms with Crippen LogP contribution < -0.4 is 11.5 Å². The maximum absolute atomic E-state index is 11.1. The zero-order valence-corrected chi connectivity index (χ0v) is 24.2. The van der Waals surface area contributed by atoms with Crippen LogP contribution in [0.25, 0.3) is 0 Å². The highest BCUT2D eigenvalue weighted by Gasteiger charge is 2.07. The average Bonchev–Trinajstić information content (AvgIpc) is 2.78. The number of rotatable bonds is 14. The first-order valence-corrected chi connectivity index (χ1v) is 11.9. The molecule has 0 aromatic heterocycles. The van der Waals surface area contributed by atoms with E-state index in [1.165, 1.54) is 14.0 Å². The van der Waals surface area contributed by atoms with E-state index in [1.54, 1.807) is 20.8 Å². The fourth-order valence-corrected chi connectivity index (χ4v) is 1.68. The zero-order valence-electron chi connectivity index (χ0n) is 24.2. The highest BCUT2D eigenvalue weighted by molar-refractivity contribution is 5.99. The summed E-state index contributed by atoms with van der Waals surface area (Å²) >= 11 is 0. The molecule has 0 radical (unpaired) electrons. The number of carbonyl (C=O) groups excluding carboxylic acids is 6. The van der Waals surface area contributed by atoms with Crippen molar-refractivity contribution in [3.63, 3.8) is 0 Å². The molecule has 0 spiro atoms. The van der Waals surface area contributed by atoms with Crippen molar-refractivity contribution >= 4 is 53.3 Å². The van der Waals surface area contributed by atoms with Crippen LogP contribution >= 0.6 is 0 Å². The number of nitrogens with two attached hydrogens (primary N) is 2. The number of ether oxygens (including phenoxy) is 1. The Morgan fingerprint density at radius 1 is 0.650 bits per heavy atom. The summed E-state index contributed by atoms with van der Waals surface area (Å²) < 4.78 is 3.86. The fraction of sp³-hybridized carbons (Fsp3) is 0.640. The molecule has 15 heteroatoms. The Hall–Kier alpha value is -3.85. The van der Waals surface area contributed by atoms with E-state index in [4.69, 9.17) is 24.9 Å². The van der Waals surface area contributed by atoms with Gasteiger partial charge in [0.25, 0.3) is 12.4 Å². The molecule has 0 bridgehead atoms. The first-order valence-electron chi connectivity index (χ1n) is 11.9. The Kier molecular flexibility index (Phi) is 48.7. The third kappa shape index (κ3) is 102. The van der Waals surface area contributed by atoms with Crippen LogP contribution in [-0.2, 0) is 47.9 Å². The van der Waals surface area contributed by atoms with Gasteiger partial charge in [-0.25, -0.2) is 0 Å². The minimum absolute atomic E-state index is 0.0205. The second-order valence-corrected chi connectivity index (χ2v) is 7.47. The number of carboxylic acid groups (broad SMARTS) is 3. The zero-order chi connectivity index (χ0) is 33.1. The molecule has 40 heavy (non-hydrogen) atoms. The first kappa shape index (κ1) is 49.1. The van der Waals surface area contributed by atoms with Gasteiger partial charge >= 0.3 is 11.9 Å². The molecule has 0 saturated heterocycles. The van der Waals surface area contributed by atoms with Gasteiger partial charge in [0.15, 0.2) is 0 Å². The quantitative estimate of drug-likeness (QED) is 0.110. The van der Waals surface area contributed by atoms with Crippen LogP contribution in [0, 0.1) is 0 Å². The number of carbonyl (C=O) groups is 9. The standard InChI is InChI=1S/C10H16O3.C7H12O2.C3H4O4.2C2H4O2.CH6N2/c1-3-9(12)7-10(13)6-4-5-8(2)11;1-6(8)4-3-5-7(2)9;4-2(5)1-3(6)7;1-4-2-3;1-2(3)4;2-1-3/h3-7H2,1-2H3;3-5H2,1-2H3;1H2,(H,4,5)(H,6,7);2H,1H3;1H3,(H,3,4);1-3H2. The van der Waals surface area contributed by atoms with Crippen LogP contribution in [0.2, 0.25) is 0 Å². The van der Waals surface area contributed by atoms with Crippen molar-refractivity contribution in [1.29, 1.82) is 0 Å². The minimum Gasteiger partial charge on any atom is -0.481 e. The molecule has 0 amide bonds. The summed E-state index contributed by atoms with van der Waals surface area (Å²) in [6, 6.07) is 0. The lowest BCUT2D eigenvalue weighted by atomic mass is 10.1. The summed E-state index contributed by atoms with van der Waals surface area (Å²) in [5.74, 6) is -3.11. The van der Waals surface area contributed by atoms with E-state index >= 15 is 0 Å². The fourth-order valence-electron chi connectivity index (χ4n) is 1.68. The summed E-state index contributed by atoms with van der Waals surface area (Å²) in [6.45, 7) is 8.03. The first-order chi connectivity index (χ1) is 18.4. The van der Waals surface area contributed by atoms with Crippen molar-refractivity contribution in [2.45, 2.75) is 92.4 Å². The van der Waals surface area contributed by atoms with Crippen molar-refractivity contribution in [3.05, 3.63) is 0 Å². The second kappa shape index (κ2) is 39.7. The molecule has 0 aliphatic carbocycles. The second-order valence-electron chi connectivity index (χ2n) is 7.47. The SMILES string of the molecule is CC(=O)CCCC(C)=O.CC(=O)O.CCC(=O)CC(=O)CCCC(C)=O.COC=O.NCN.O=C(O)CC(=O)O. The molecule has 0 heterocycles. The van der Waals surface area contributed by atoms with Gasteiger partial charge in [-0.1, -0.05) is 6.92 Å². The normalized spacial score (nSPS) is 8.20. The molecule has 234 valence electrons. The van der Waals surface area contributed by atoms with E-state index in [0.717, 1.165) is 6.92 Å². The molecule has 7 N–H and O–H groups in total. The van der Waals surface area contributed by atoms with Crippen molar-refractivity contribution < 1.29 is 63.2 Å².